The highest BCUT2D eigenvalue weighted by atomic mass is 32.1. The predicted molar refractivity (Wildman–Crippen MR) is 90.9 cm³/mol. The summed E-state index contributed by atoms with van der Waals surface area (Å²) in [7, 11) is 0. The van der Waals surface area contributed by atoms with E-state index in [1.54, 1.807) is 6.07 Å². The lowest BCUT2D eigenvalue weighted by Crippen LogP contribution is -2.14. The van der Waals surface area contributed by atoms with Gasteiger partial charge in [-0.3, -0.25) is 10.1 Å². The van der Waals surface area contributed by atoms with Gasteiger partial charge >= 0.3 is 0 Å². The number of nitrogens with zero attached hydrogens (tertiary/aromatic N) is 1. The smallest absolute Gasteiger partial charge is 0.261 e. The largest absolute Gasteiger partial charge is 0.492 e. The van der Waals surface area contributed by atoms with E-state index in [-0.39, 0.29) is 5.91 Å². The van der Waals surface area contributed by atoms with Gasteiger partial charge in [0.1, 0.15) is 5.75 Å². The predicted octanol–water partition coefficient (Wildman–Crippen LogP) is 4.55. The van der Waals surface area contributed by atoms with Gasteiger partial charge in [-0.1, -0.05) is 39.8 Å². The number of carbonyl (C=O) groups excluding carboxylic acids is 1. The molecule has 1 aromatic heterocycles. The summed E-state index contributed by atoms with van der Waals surface area (Å²) in [4.78, 5) is 17.8. The topological polar surface area (TPSA) is 51.2 Å². The van der Waals surface area contributed by atoms with Crippen LogP contribution < -0.4 is 10.1 Å². The number of rotatable bonds is 6. The van der Waals surface area contributed by atoms with Crippen LogP contribution in [0.5, 0.6) is 5.75 Å². The number of hydrogen-bond donors (Lipinski definition) is 1. The molecule has 1 N–H and O–H groups in total. The molecule has 4 nitrogen and oxygen atoms in total. The average molecular weight is 318 g/mol. The van der Waals surface area contributed by atoms with E-state index >= 15 is 0 Å². The van der Waals surface area contributed by atoms with Crippen molar-refractivity contribution in [2.45, 2.75) is 33.6 Å². The zero-order chi connectivity index (χ0) is 16.1. The van der Waals surface area contributed by atoms with Crippen molar-refractivity contribution in [2.75, 3.05) is 11.9 Å². The quantitative estimate of drug-likeness (QED) is 0.850. The molecule has 0 saturated heterocycles. The molecule has 0 bridgehead atoms. The molecule has 1 aromatic carbocycles. The summed E-state index contributed by atoms with van der Waals surface area (Å²) in [5.74, 6) is 1.23. The summed E-state index contributed by atoms with van der Waals surface area (Å²) in [5.41, 5.74) is 0.532. The molecule has 0 aliphatic carbocycles. The van der Waals surface area contributed by atoms with Crippen molar-refractivity contribution in [1.82, 2.24) is 4.98 Å². The van der Waals surface area contributed by atoms with Crippen LogP contribution in [0.4, 0.5) is 5.13 Å². The molecule has 118 valence electrons. The van der Waals surface area contributed by atoms with Gasteiger partial charge in [0.15, 0.2) is 5.13 Å². The number of carbonyl (C=O) groups is 1. The van der Waals surface area contributed by atoms with E-state index in [9.17, 15) is 4.79 Å². The first-order valence-electron chi connectivity index (χ1n) is 7.46. The molecule has 0 aliphatic rings. The first-order valence-corrected chi connectivity index (χ1v) is 8.28. The zero-order valence-corrected chi connectivity index (χ0v) is 14.2. The van der Waals surface area contributed by atoms with E-state index in [0.717, 1.165) is 4.88 Å². The fourth-order valence-electron chi connectivity index (χ4n) is 1.81. The van der Waals surface area contributed by atoms with Crippen LogP contribution in [0.1, 0.15) is 48.8 Å². The van der Waals surface area contributed by atoms with Gasteiger partial charge in [0.2, 0.25) is 0 Å². The van der Waals surface area contributed by atoms with Crippen LogP contribution in [-0.2, 0) is 0 Å². The number of aromatic nitrogens is 1. The molecular formula is C17H22N2O2S. The van der Waals surface area contributed by atoms with E-state index < -0.39 is 0 Å². The van der Waals surface area contributed by atoms with Crippen molar-refractivity contribution in [3.05, 3.63) is 40.9 Å². The molecule has 0 aliphatic heterocycles. The Morgan fingerprint density at radius 2 is 2.00 bits per heavy atom. The van der Waals surface area contributed by atoms with Crippen molar-refractivity contribution < 1.29 is 9.53 Å². The highest BCUT2D eigenvalue weighted by Crippen LogP contribution is 2.26. The van der Waals surface area contributed by atoms with E-state index in [1.165, 1.54) is 11.3 Å². The van der Waals surface area contributed by atoms with Crippen molar-refractivity contribution in [3.63, 3.8) is 0 Å². The lowest BCUT2D eigenvalue weighted by molar-refractivity contribution is 0.102. The van der Waals surface area contributed by atoms with Gasteiger partial charge < -0.3 is 4.74 Å². The summed E-state index contributed by atoms with van der Waals surface area (Å²) >= 11 is 1.50. The highest BCUT2D eigenvalue weighted by Gasteiger charge is 2.15. The van der Waals surface area contributed by atoms with E-state index in [4.69, 9.17) is 4.74 Å². The Morgan fingerprint density at radius 3 is 2.64 bits per heavy atom. The number of anilines is 1. The molecule has 2 aromatic rings. The minimum atomic E-state index is -0.191. The summed E-state index contributed by atoms with van der Waals surface area (Å²) < 4.78 is 5.72. The average Bonchev–Trinajstić information content (AvgIpc) is 2.94. The summed E-state index contributed by atoms with van der Waals surface area (Å²) in [6, 6.07) is 7.28. The molecule has 0 unspecified atom stereocenters. The van der Waals surface area contributed by atoms with E-state index in [0.29, 0.717) is 34.9 Å². The van der Waals surface area contributed by atoms with Crippen LogP contribution in [-0.4, -0.2) is 17.5 Å². The van der Waals surface area contributed by atoms with Crippen molar-refractivity contribution in [2.24, 2.45) is 5.92 Å². The molecule has 1 amide bonds. The van der Waals surface area contributed by atoms with Crippen LogP contribution in [0.25, 0.3) is 0 Å². The van der Waals surface area contributed by atoms with Gasteiger partial charge in [-0.15, -0.1) is 11.3 Å². The standard InChI is InChI=1S/C17H22N2O2S/c1-11(2)10-21-14-8-6-5-7-13(14)16(20)19-17-18-9-15(22-17)12(3)4/h5-9,11-12H,10H2,1-4H3,(H,18,19,20). The number of amides is 1. The molecule has 22 heavy (non-hydrogen) atoms. The molecule has 0 radical (unpaired) electrons. The fourth-order valence-corrected chi connectivity index (χ4v) is 2.63. The molecular weight excluding hydrogens is 296 g/mol. The second-order valence-electron chi connectivity index (χ2n) is 5.88. The van der Waals surface area contributed by atoms with Gasteiger partial charge in [-0.2, -0.15) is 0 Å². The summed E-state index contributed by atoms with van der Waals surface area (Å²) in [6.07, 6.45) is 1.81. The zero-order valence-electron chi connectivity index (χ0n) is 13.4. The molecule has 0 saturated carbocycles. The number of benzene rings is 1. The van der Waals surface area contributed by atoms with E-state index in [2.05, 4.69) is 38.0 Å². The molecule has 0 spiro atoms. The van der Waals surface area contributed by atoms with Crippen LogP contribution >= 0.6 is 11.3 Å². The van der Waals surface area contributed by atoms with Crippen LogP contribution in [0.3, 0.4) is 0 Å². The maximum atomic E-state index is 12.4. The van der Waals surface area contributed by atoms with Crippen molar-refractivity contribution in [1.29, 1.82) is 0 Å². The molecule has 0 fully saturated rings. The summed E-state index contributed by atoms with van der Waals surface area (Å²) in [6.45, 7) is 8.94. The van der Waals surface area contributed by atoms with Crippen molar-refractivity contribution in [3.8, 4) is 5.75 Å². The Balaban J connectivity index is 2.11. The minimum absolute atomic E-state index is 0.191. The third kappa shape index (κ3) is 4.31. The number of ether oxygens (including phenoxy) is 1. The number of thiazole rings is 1. The van der Waals surface area contributed by atoms with Gasteiger partial charge in [0.05, 0.1) is 12.2 Å². The second kappa shape index (κ2) is 7.40. The van der Waals surface area contributed by atoms with Gasteiger partial charge in [-0.25, -0.2) is 4.98 Å². The van der Waals surface area contributed by atoms with E-state index in [1.807, 2.05) is 24.4 Å². The molecule has 2 rings (SSSR count). The number of hydrogen-bond acceptors (Lipinski definition) is 4. The second-order valence-corrected chi connectivity index (χ2v) is 6.94. The maximum absolute atomic E-state index is 12.4. The fraction of sp³-hybridized carbons (Fsp3) is 0.412. The lowest BCUT2D eigenvalue weighted by atomic mass is 10.2. The first kappa shape index (κ1) is 16.5. The Kier molecular flexibility index (Phi) is 5.55. The third-order valence-corrected chi connectivity index (χ3v) is 4.23. The molecule has 1 heterocycles. The van der Waals surface area contributed by atoms with Gasteiger partial charge in [0, 0.05) is 11.1 Å². The SMILES string of the molecule is CC(C)COc1ccccc1C(=O)Nc1ncc(C(C)C)s1. The maximum Gasteiger partial charge on any atom is 0.261 e. The monoisotopic (exact) mass is 318 g/mol. The summed E-state index contributed by atoms with van der Waals surface area (Å²) in [5, 5.41) is 3.47. The minimum Gasteiger partial charge on any atom is -0.492 e. The van der Waals surface area contributed by atoms with Gasteiger partial charge in [0.25, 0.3) is 5.91 Å². The third-order valence-electron chi connectivity index (χ3n) is 3.02. The number of para-hydroxylation sites is 1. The van der Waals surface area contributed by atoms with Crippen LogP contribution in [0, 0.1) is 5.92 Å². The Bertz CT molecular complexity index is 635. The molecule has 0 atom stereocenters. The van der Waals surface area contributed by atoms with Gasteiger partial charge in [-0.05, 0) is 24.0 Å². The normalized spacial score (nSPS) is 11.0. The van der Waals surface area contributed by atoms with Crippen LogP contribution in [0.2, 0.25) is 0 Å². The Labute approximate surface area is 135 Å². The lowest BCUT2D eigenvalue weighted by Gasteiger charge is -2.12. The van der Waals surface area contributed by atoms with Crippen molar-refractivity contribution >= 4 is 22.4 Å². The highest BCUT2D eigenvalue weighted by molar-refractivity contribution is 7.15. The Hall–Kier alpha value is -1.88. The molecule has 5 heteroatoms. The first-order chi connectivity index (χ1) is 10.5. The Morgan fingerprint density at radius 1 is 1.27 bits per heavy atom. The van der Waals surface area contributed by atoms with Crippen LogP contribution in [0.15, 0.2) is 30.5 Å². The number of nitrogens with one attached hydrogen (secondary N) is 1.